The minimum absolute atomic E-state index is 0.480. The van der Waals surface area contributed by atoms with Gasteiger partial charge in [0.25, 0.3) is 4.80 Å². The largest absolute Gasteiger partial charge is 0.416 e. The van der Waals surface area contributed by atoms with Crippen molar-refractivity contribution in [3.05, 3.63) is 10.7 Å². The summed E-state index contributed by atoms with van der Waals surface area (Å²) in [6, 6.07) is 0. The Bertz CT molecular complexity index is 225. The van der Waals surface area contributed by atoms with E-state index in [9.17, 15) is 0 Å². The van der Waals surface area contributed by atoms with E-state index in [1.807, 2.05) is 0 Å². The zero-order valence-corrected chi connectivity index (χ0v) is 8.80. The number of halogens is 1. The fourth-order valence-electron chi connectivity index (χ4n) is 1.04. The van der Waals surface area contributed by atoms with Crippen molar-refractivity contribution in [2.24, 2.45) is 0 Å². The normalized spacial score (nSPS) is 10.5. The van der Waals surface area contributed by atoms with Gasteiger partial charge in [-0.05, 0) is 6.42 Å². The predicted molar refractivity (Wildman–Crippen MR) is 49.8 cm³/mol. The first-order chi connectivity index (χ1) is 5.83. The summed E-state index contributed by atoms with van der Waals surface area (Å²) in [6.45, 7) is 2.20. The lowest BCUT2D eigenvalue weighted by Gasteiger charge is -1.93. The summed E-state index contributed by atoms with van der Waals surface area (Å²) in [7, 11) is 0. The van der Waals surface area contributed by atoms with Crippen LogP contribution in [0.2, 0.25) is 0 Å². The van der Waals surface area contributed by atoms with Crippen molar-refractivity contribution in [1.82, 2.24) is 10.2 Å². The second kappa shape index (κ2) is 5.30. The zero-order valence-electron chi connectivity index (χ0n) is 7.22. The van der Waals surface area contributed by atoms with Gasteiger partial charge in [-0.3, -0.25) is 0 Å². The van der Waals surface area contributed by atoms with Gasteiger partial charge in [0.1, 0.15) is 0 Å². The number of unbranched alkanes of at least 4 members (excludes halogenated alkanes) is 3. The van der Waals surface area contributed by atoms with Crippen molar-refractivity contribution in [2.75, 3.05) is 0 Å². The molecule has 68 valence electrons. The lowest BCUT2D eigenvalue weighted by molar-refractivity contribution is 0.460. The molecule has 0 unspecified atom stereocenters. The molecule has 12 heavy (non-hydrogen) atoms. The molecule has 4 heteroatoms. The van der Waals surface area contributed by atoms with Crippen LogP contribution in [0.3, 0.4) is 0 Å². The maximum Gasteiger partial charge on any atom is 0.284 e. The molecule has 0 N–H and O–H groups in total. The zero-order chi connectivity index (χ0) is 8.81. The molecule has 0 amide bonds. The molecule has 1 aromatic heterocycles. The van der Waals surface area contributed by atoms with Crippen molar-refractivity contribution in [3.63, 3.8) is 0 Å². The summed E-state index contributed by atoms with van der Waals surface area (Å²) in [4.78, 5) is 0.480. The van der Waals surface area contributed by atoms with Gasteiger partial charge in [0.2, 0.25) is 5.89 Å². The molecule has 0 aliphatic heterocycles. The molecule has 3 nitrogen and oxygen atoms in total. The Labute approximate surface area is 80.7 Å². The third-order valence-electron chi connectivity index (χ3n) is 1.69. The van der Waals surface area contributed by atoms with E-state index in [4.69, 9.17) is 4.42 Å². The maximum atomic E-state index is 5.16. The Morgan fingerprint density at radius 1 is 1.25 bits per heavy atom. The standard InChI is InChI=1S/C8H13BrN2O/c1-2-3-4-5-6-7-10-11-8(9)12-7/h2-6H2,1H3. The highest BCUT2D eigenvalue weighted by molar-refractivity contribution is 9.10. The van der Waals surface area contributed by atoms with Crippen molar-refractivity contribution >= 4 is 15.9 Å². The van der Waals surface area contributed by atoms with E-state index in [-0.39, 0.29) is 0 Å². The molecule has 0 aromatic carbocycles. The molecule has 0 spiro atoms. The lowest BCUT2D eigenvalue weighted by atomic mass is 10.2. The fraction of sp³-hybridized carbons (Fsp3) is 0.750. The van der Waals surface area contributed by atoms with E-state index in [0.717, 1.165) is 18.7 Å². The average molecular weight is 233 g/mol. The molecular weight excluding hydrogens is 220 g/mol. The third kappa shape index (κ3) is 3.34. The highest BCUT2D eigenvalue weighted by atomic mass is 79.9. The average Bonchev–Trinajstić information content (AvgIpc) is 2.45. The smallest absolute Gasteiger partial charge is 0.284 e. The topological polar surface area (TPSA) is 38.9 Å². The summed E-state index contributed by atoms with van der Waals surface area (Å²) in [5, 5.41) is 7.57. The van der Waals surface area contributed by atoms with Crippen LogP contribution >= 0.6 is 15.9 Å². The van der Waals surface area contributed by atoms with Crippen LogP contribution in [-0.4, -0.2) is 10.2 Å². The minimum Gasteiger partial charge on any atom is -0.416 e. The molecule has 0 aliphatic carbocycles. The highest BCUT2D eigenvalue weighted by Gasteiger charge is 2.01. The molecule has 0 saturated carbocycles. The second-order valence-corrected chi connectivity index (χ2v) is 3.44. The van der Waals surface area contributed by atoms with Crippen molar-refractivity contribution in [2.45, 2.75) is 39.0 Å². The first kappa shape index (κ1) is 9.71. The van der Waals surface area contributed by atoms with Crippen LogP contribution in [0, 0.1) is 0 Å². The predicted octanol–water partition coefficient (Wildman–Crippen LogP) is 2.95. The van der Waals surface area contributed by atoms with Gasteiger partial charge in [-0.15, -0.1) is 10.2 Å². The quantitative estimate of drug-likeness (QED) is 0.734. The highest BCUT2D eigenvalue weighted by Crippen LogP contribution is 2.10. The van der Waals surface area contributed by atoms with Gasteiger partial charge in [0.05, 0.1) is 0 Å². The summed E-state index contributed by atoms with van der Waals surface area (Å²) >= 11 is 3.11. The van der Waals surface area contributed by atoms with E-state index in [1.54, 1.807) is 0 Å². The van der Waals surface area contributed by atoms with Crippen LogP contribution in [0.1, 0.15) is 38.5 Å². The van der Waals surface area contributed by atoms with E-state index < -0.39 is 0 Å². The number of hydrogen-bond acceptors (Lipinski definition) is 3. The Morgan fingerprint density at radius 2 is 2.08 bits per heavy atom. The van der Waals surface area contributed by atoms with Gasteiger partial charge in [-0.25, -0.2) is 0 Å². The number of nitrogens with zero attached hydrogens (tertiary/aromatic N) is 2. The monoisotopic (exact) mass is 232 g/mol. The first-order valence-electron chi connectivity index (χ1n) is 4.31. The molecule has 1 rings (SSSR count). The van der Waals surface area contributed by atoms with Crippen molar-refractivity contribution in [3.8, 4) is 0 Å². The van der Waals surface area contributed by atoms with Gasteiger partial charge in [-0.1, -0.05) is 26.2 Å². The van der Waals surface area contributed by atoms with E-state index in [1.165, 1.54) is 19.3 Å². The maximum absolute atomic E-state index is 5.16. The van der Waals surface area contributed by atoms with Gasteiger partial charge < -0.3 is 4.42 Å². The van der Waals surface area contributed by atoms with E-state index in [2.05, 4.69) is 33.1 Å². The van der Waals surface area contributed by atoms with Crippen LogP contribution < -0.4 is 0 Å². The Hall–Kier alpha value is -0.380. The molecular formula is C8H13BrN2O. The molecule has 0 radical (unpaired) electrons. The van der Waals surface area contributed by atoms with Crippen LogP contribution in [0.25, 0.3) is 0 Å². The Balaban J connectivity index is 2.15. The van der Waals surface area contributed by atoms with Crippen LogP contribution in [0.4, 0.5) is 0 Å². The number of aryl methyl sites for hydroxylation is 1. The van der Waals surface area contributed by atoms with Gasteiger partial charge in [-0.2, -0.15) is 0 Å². The second-order valence-electron chi connectivity index (χ2n) is 2.76. The van der Waals surface area contributed by atoms with Crippen LogP contribution in [0.5, 0.6) is 0 Å². The molecule has 0 atom stereocenters. The van der Waals surface area contributed by atoms with Gasteiger partial charge in [0.15, 0.2) is 0 Å². The third-order valence-corrected chi connectivity index (χ3v) is 2.01. The summed E-state index contributed by atoms with van der Waals surface area (Å²) in [5.41, 5.74) is 0. The van der Waals surface area contributed by atoms with E-state index >= 15 is 0 Å². The lowest BCUT2D eigenvalue weighted by Crippen LogP contribution is -1.85. The summed E-state index contributed by atoms with van der Waals surface area (Å²) in [6.07, 6.45) is 5.83. The minimum atomic E-state index is 0.480. The van der Waals surface area contributed by atoms with Crippen molar-refractivity contribution in [1.29, 1.82) is 0 Å². The van der Waals surface area contributed by atoms with Gasteiger partial charge >= 0.3 is 0 Å². The molecule has 1 heterocycles. The molecule has 0 saturated heterocycles. The molecule has 0 fully saturated rings. The number of rotatable bonds is 5. The molecule has 0 bridgehead atoms. The summed E-state index contributed by atoms with van der Waals surface area (Å²) < 4.78 is 5.16. The summed E-state index contributed by atoms with van der Waals surface area (Å²) in [5.74, 6) is 0.734. The fourth-order valence-corrected chi connectivity index (χ4v) is 1.30. The molecule has 1 aromatic rings. The number of hydrogen-bond donors (Lipinski definition) is 0. The molecule has 0 aliphatic rings. The first-order valence-corrected chi connectivity index (χ1v) is 5.10. The van der Waals surface area contributed by atoms with Crippen LogP contribution in [0.15, 0.2) is 9.22 Å². The number of aromatic nitrogens is 2. The Kier molecular flexibility index (Phi) is 4.29. The van der Waals surface area contributed by atoms with Crippen LogP contribution in [-0.2, 0) is 6.42 Å². The van der Waals surface area contributed by atoms with E-state index in [0.29, 0.717) is 4.80 Å². The SMILES string of the molecule is CCCCCCc1nnc(Br)o1. The van der Waals surface area contributed by atoms with Crippen molar-refractivity contribution < 1.29 is 4.42 Å². The van der Waals surface area contributed by atoms with Gasteiger partial charge in [0, 0.05) is 22.4 Å². The Morgan fingerprint density at radius 3 is 2.67 bits per heavy atom.